The summed E-state index contributed by atoms with van der Waals surface area (Å²) in [5.41, 5.74) is 3.66. The molecule has 1 unspecified atom stereocenters. The Hall–Kier alpha value is -2.54. The number of benzene rings is 3. The molecule has 3 aromatic carbocycles. The minimum absolute atomic E-state index is 0. The fourth-order valence-electron chi connectivity index (χ4n) is 3.68. The van der Waals surface area contributed by atoms with Crippen molar-refractivity contribution in [2.75, 3.05) is 5.32 Å². The molecule has 1 N–H and O–H groups in total. The Bertz CT molecular complexity index is 1310. The van der Waals surface area contributed by atoms with Crippen molar-refractivity contribution in [1.29, 1.82) is 0 Å². The summed E-state index contributed by atoms with van der Waals surface area (Å²) in [6.07, 6.45) is 5.30. The number of nitrogens with zero attached hydrogens (tertiary/aromatic N) is 2. The highest BCUT2D eigenvalue weighted by molar-refractivity contribution is 6.35. The van der Waals surface area contributed by atoms with Crippen LogP contribution < -0.4 is 22.3 Å². The van der Waals surface area contributed by atoms with Gasteiger partial charge in [0.15, 0.2) is 6.54 Å². The summed E-state index contributed by atoms with van der Waals surface area (Å²) in [5.74, 6) is -0.0988. The average molecular weight is 565 g/mol. The molecule has 0 radical (unpaired) electrons. The molecule has 1 amide bonds. The largest absolute Gasteiger partial charge is 1.00 e. The van der Waals surface area contributed by atoms with Crippen LogP contribution in [0.25, 0.3) is 0 Å². The molecule has 5 nitrogen and oxygen atoms in total. The van der Waals surface area contributed by atoms with Gasteiger partial charge in [-0.2, -0.15) is 0 Å². The first kappa shape index (κ1) is 28.0. The third-order valence-corrected chi connectivity index (χ3v) is 6.36. The predicted octanol–water partition coefficient (Wildman–Crippen LogP) is 3.65. The highest BCUT2D eigenvalue weighted by Crippen LogP contribution is 2.30. The van der Waals surface area contributed by atoms with Crippen molar-refractivity contribution in [3.05, 3.63) is 117 Å². The highest BCUT2D eigenvalue weighted by atomic mass is 35.5. The van der Waals surface area contributed by atoms with E-state index >= 15 is 0 Å². The third kappa shape index (κ3) is 7.73. The number of halogens is 4. The summed E-state index contributed by atoms with van der Waals surface area (Å²) >= 11 is 18.6. The zero-order valence-electron chi connectivity index (χ0n) is 19.5. The average Bonchev–Trinajstić information content (AvgIpc) is 3.26. The SMILES string of the molecule is Cc1ccccc1NC(=O)C[n+]1ccn(CC(OCc2ccc(Cl)cc2)c2ccc(Cl)cc2Cl)c1.[Cl-]. The van der Waals surface area contributed by atoms with Gasteiger partial charge in [0.2, 0.25) is 6.33 Å². The number of nitrogens with one attached hydrogen (secondary N) is 1. The first-order chi connectivity index (χ1) is 16.9. The summed E-state index contributed by atoms with van der Waals surface area (Å²) < 4.78 is 10.1. The van der Waals surface area contributed by atoms with Crippen LogP contribution in [0.3, 0.4) is 0 Å². The number of aryl methyl sites for hydroxylation is 1. The second-order valence-electron chi connectivity index (χ2n) is 8.24. The number of hydrogen-bond acceptors (Lipinski definition) is 2. The molecule has 9 heteroatoms. The van der Waals surface area contributed by atoms with E-state index in [1.807, 2.05) is 89.4 Å². The van der Waals surface area contributed by atoms with Crippen molar-refractivity contribution < 1.29 is 26.5 Å². The maximum atomic E-state index is 12.5. The van der Waals surface area contributed by atoms with Gasteiger partial charge < -0.3 is 22.5 Å². The Balaban J connectivity index is 0.00000361. The minimum atomic E-state index is -0.336. The molecule has 0 aliphatic heterocycles. The van der Waals surface area contributed by atoms with Crippen LogP contribution in [0, 0.1) is 6.92 Å². The van der Waals surface area contributed by atoms with E-state index in [2.05, 4.69) is 5.32 Å². The van der Waals surface area contributed by atoms with Crippen LogP contribution >= 0.6 is 34.8 Å². The number of rotatable bonds is 9. The summed E-state index contributed by atoms with van der Waals surface area (Å²) in [7, 11) is 0. The van der Waals surface area contributed by atoms with Gasteiger partial charge in [-0.1, -0.05) is 71.2 Å². The van der Waals surface area contributed by atoms with Crippen LogP contribution in [0.15, 0.2) is 85.5 Å². The van der Waals surface area contributed by atoms with Crippen LogP contribution in [-0.2, 0) is 29.2 Å². The zero-order valence-corrected chi connectivity index (χ0v) is 22.5. The number of imidazole rings is 1. The number of anilines is 1. The number of para-hydroxylation sites is 1. The monoisotopic (exact) mass is 563 g/mol. The van der Waals surface area contributed by atoms with Crippen molar-refractivity contribution in [3.8, 4) is 0 Å². The van der Waals surface area contributed by atoms with Gasteiger partial charge in [0, 0.05) is 26.3 Å². The van der Waals surface area contributed by atoms with E-state index in [0.717, 1.165) is 22.4 Å². The lowest BCUT2D eigenvalue weighted by Crippen LogP contribution is -3.00. The molecule has 0 fully saturated rings. The second kappa shape index (κ2) is 13.1. The number of carbonyl (C=O) groups excluding carboxylic acids is 1. The fourth-order valence-corrected chi connectivity index (χ4v) is 4.34. The summed E-state index contributed by atoms with van der Waals surface area (Å²) in [4.78, 5) is 12.5. The van der Waals surface area contributed by atoms with Crippen LogP contribution in [0.5, 0.6) is 0 Å². The lowest BCUT2D eigenvalue weighted by Gasteiger charge is -2.18. The maximum absolute atomic E-state index is 12.5. The zero-order chi connectivity index (χ0) is 24.8. The van der Waals surface area contributed by atoms with E-state index in [0.29, 0.717) is 28.2 Å². The standard InChI is InChI=1S/C27H24Cl3N3O2.ClH/c1-19-4-2-3-5-25(19)31-27(34)16-33-13-12-32(18-33)15-26(23-11-10-22(29)14-24(23)30)35-17-20-6-8-21(28)9-7-20;/h2-14,18,26H,15-17H2,1H3;1H. The first-order valence-corrected chi connectivity index (χ1v) is 12.2. The van der Waals surface area contributed by atoms with Gasteiger partial charge in [0.25, 0.3) is 5.91 Å². The van der Waals surface area contributed by atoms with E-state index in [1.54, 1.807) is 12.1 Å². The topological polar surface area (TPSA) is 47.1 Å². The van der Waals surface area contributed by atoms with E-state index in [1.165, 1.54) is 0 Å². The van der Waals surface area contributed by atoms with Crippen LogP contribution in [0.1, 0.15) is 22.8 Å². The van der Waals surface area contributed by atoms with Crippen molar-refractivity contribution in [2.24, 2.45) is 0 Å². The van der Waals surface area contributed by atoms with Gasteiger partial charge in [-0.25, -0.2) is 9.13 Å². The third-order valence-electron chi connectivity index (χ3n) is 5.54. The van der Waals surface area contributed by atoms with Crippen LogP contribution in [0.4, 0.5) is 5.69 Å². The van der Waals surface area contributed by atoms with E-state index in [-0.39, 0.29) is 31.0 Å². The molecule has 0 bridgehead atoms. The van der Waals surface area contributed by atoms with E-state index in [4.69, 9.17) is 39.5 Å². The lowest BCUT2D eigenvalue weighted by molar-refractivity contribution is -0.683. The Labute approximate surface area is 232 Å². The van der Waals surface area contributed by atoms with Crippen LogP contribution in [0.2, 0.25) is 15.1 Å². The van der Waals surface area contributed by atoms with Gasteiger partial charge in [-0.15, -0.1) is 0 Å². The minimum Gasteiger partial charge on any atom is -1.00 e. The van der Waals surface area contributed by atoms with Crippen molar-refractivity contribution >= 4 is 46.4 Å². The van der Waals surface area contributed by atoms with Gasteiger partial charge in [-0.3, -0.25) is 4.79 Å². The number of amides is 1. The molecule has 1 aromatic heterocycles. The normalized spacial score (nSPS) is 11.6. The van der Waals surface area contributed by atoms with Crippen molar-refractivity contribution in [2.45, 2.75) is 32.7 Å². The summed E-state index contributed by atoms with van der Waals surface area (Å²) in [5, 5.41) is 4.73. The molecule has 0 spiro atoms. The molecule has 0 aliphatic rings. The molecule has 4 rings (SSSR count). The van der Waals surface area contributed by atoms with Crippen molar-refractivity contribution in [3.63, 3.8) is 0 Å². The molecule has 1 atom stereocenters. The lowest BCUT2D eigenvalue weighted by atomic mass is 10.1. The number of carbonyl (C=O) groups is 1. The molecule has 0 aliphatic carbocycles. The molecular formula is C27H25Cl4N3O2. The van der Waals surface area contributed by atoms with Gasteiger partial charge >= 0.3 is 0 Å². The van der Waals surface area contributed by atoms with Crippen LogP contribution in [-0.4, -0.2) is 10.5 Å². The maximum Gasteiger partial charge on any atom is 0.266 e. The molecule has 1 heterocycles. The smallest absolute Gasteiger partial charge is 0.266 e. The second-order valence-corrected chi connectivity index (χ2v) is 9.52. The Kier molecular flexibility index (Phi) is 10.2. The van der Waals surface area contributed by atoms with E-state index in [9.17, 15) is 4.79 Å². The fraction of sp³-hybridized carbons (Fsp3) is 0.185. The summed E-state index contributed by atoms with van der Waals surface area (Å²) in [6, 6.07) is 20.6. The van der Waals surface area contributed by atoms with Gasteiger partial charge in [-0.05, 0) is 48.4 Å². The molecule has 188 valence electrons. The molecule has 0 saturated carbocycles. The Morgan fingerprint density at radius 3 is 2.47 bits per heavy atom. The number of hydrogen-bond donors (Lipinski definition) is 1. The Morgan fingerprint density at radius 1 is 1.03 bits per heavy atom. The predicted molar refractivity (Wildman–Crippen MR) is 140 cm³/mol. The van der Waals surface area contributed by atoms with Gasteiger partial charge in [0.05, 0.1) is 6.61 Å². The number of aromatic nitrogens is 2. The molecular weight excluding hydrogens is 540 g/mol. The Morgan fingerprint density at radius 2 is 1.75 bits per heavy atom. The summed E-state index contributed by atoms with van der Waals surface area (Å²) in [6.45, 7) is 3.05. The first-order valence-electron chi connectivity index (χ1n) is 11.1. The van der Waals surface area contributed by atoms with Gasteiger partial charge in [0.1, 0.15) is 25.0 Å². The van der Waals surface area contributed by atoms with E-state index < -0.39 is 0 Å². The molecule has 36 heavy (non-hydrogen) atoms. The molecule has 0 saturated heterocycles. The van der Waals surface area contributed by atoms with Crippen molar-refractivity contribution in [1.82, 2.24) is 4.57 Å². The highest BCUT2D eigenvalue weighted by Gasteiger charge is 2.20. The quantitative estimate of drug-likeness (QED) is 0.315. The molecule has 4 aromatic rings. The number of ether oxygens (including phenoxy) is 1.